The molecule has 1 saturated heterocycles. The summed E-state index contributed by atoms with van der Waals surface area (Å²) < 4.78 is 15.6. The Morgan fingerprint density at radius 2 is 1.83 bits per heavy atom. The predicted octanol–water partition coefficient (Wildman–Crippen LogP) is 1.13. The van der Waals surface area contributed by atoms with Crippen LogP contribution < -0.4 is 9.47 Å². The highest BCUT2D eigenvalue weighted by molar-refractivity contribution is 5.95. The summed E-state index contributed by atoms with van der Waals surface area (Å²) in [5.41, 5.74) is 0.582. The Kier molecular flexibility index (Phi) is 5.20. The lowest BCUT2D eigenvalue weighted by atomic mass is 10.1. The van der Waals surface area contributed by atoms with Gasteiger partial charge in [0.05, 0.1) is 13.0 Å². The Bertz CT molecular complexity index is 619. The minimum absolute atomic E-state index is 0.0421. The second-order valence-corrected chi connectivity index (χ2v) is 5.84. The minimum atomic E-state index is -0.0421. The number of rotatable bonds is 4. The molecular formula is C17H22N2O5. The summed E-state index contributed by atoms with van der Waals surface area (Å²) in [5, 5.41) is 0. The Morgan fingerprint density at radius 1 is 1.08 bits per heavy atom. The van der Waals surface area contributed by atoms with E-state index in [0.717, 1.165) is 6.42 Å². The largest absolute Gasteiger partial charge is 0.454 e. The van der Waals surface area contributed by atoms with Gasteiger partial charge in [0.2, 0.25) is 12.7 Å². The summed E-state index contributed by atoms with van der Waals surface area (Å²) >= 11 is 0. The van der Waals surface area contributed by atoms with Gasteiger partial charge in [-0.05, 0) is 24.6 Å². The number of nitrogens with zero attached hydrogens (tertiary/aromatic N) is 2. The van der Waals surface area contributed by atoms with E-state index >= 15 is 0 Å². The summed E-state index contributed by atoms with van der Waals surface area (Å²) in [7, 11) is 1.58. The second-order valence-electron chi connectivity index (χ2n) is 5.84. The van der Waals surface area contributed by atoms with Crippen molar-refractivity contribution in [2.24, 2.45) is 0 Å². The quantitative estimate of drug-likeness (QED) is 0.826. The van der Waals surface area contributed by atoms with Gasteiger partial charge in [-0.25, -0.2) is 0 Å². The van der Waals surface area contributed by atoms with Crippen LogP contribution in [0.25, 0.3) is 0 Å². The summed E-state index contributed by atoms with van der Waals surface area (Å²) in [4.78, 5) is 28.4. The highest BCUT2D eigenvalue weighted by Crippen LogP contribution is 2.32. The third-order valence-electron chi connectivity index (χ3n) is 4.28. The molecule has 0 spiro atoms. The van der Waals surface area contributed by atoms with E-state index in [1.807, 2.05) is 4.90 Å². The van der Waals surface area contributed by atoms with E-state index in [9.17, 15) is 9.59 Å². The van der Waals surface area contributed by atoms with E-state index < -0.39 is 0 Å². The molecule has 0 aromatic heterocycles. The maximum Gasteiger partial charge on any atom is 0.254 e. The standard InChI is InChI=1S/C17H22N2O5/c1-22-10-5-16(20)18-6-2-7-19(9-8-18)17(21)13-3-4-14-15(11-13)24-12-23-14/h3-4,11H,2,5-10,12H2,1H3. The van der Waals surface area contributed by atoms with Crippen molar-refractivity contribution in [1.29, 1.82) is 0 Å². The number of hydrogen-bond donors (Lipinski definition) is 0. The lowest BCUT2D eigenvalue weighted by Crippen LogP contribution is -2.37. The van der Waals surface area contributed by atoms with E-state index in [2.05, 4.69) is 0 Å². The number of carbonyl (C=O) groups is 2. The van der Waals surface area contributed by atoms with Gasteiger partial charge >= 0.3 is 0 Å². The zero-order chi connectivity index (χ0) is 16.9. The number of carbonyl (C=O) groups excluding carboxylic acids is 2. The van der Waals surface area contributed by atoms with Gasteiger partial charge in [0.15, 0.2) is 11.5 Å². The molecule has 1 aromatic carbocycles. The van der Waals surface area contributed by atoms with Crippen LogP contribution in [0.4, 0.5) is 0 Å². The molecule has 0 radical (unpaired) electrons. The van der Waals surface area contributed by atoms with Gasteiger partial charge in [-0.3, -0.25) is 9.59 Å². The maximum absolute atomic E-state index is 12.7. The van der Waals surface area contributed by atoms with Gasteiger partial charge < -0.3 is 24.0 Å². The number of benzene rings is 1. The van der Waals surface area contributed by atoms with Crippen molar-refractivity contribution in [3.05, 3.63) is 23.8 Å². The fourth-order valence-corrected chi connectivity index (χ4v) is 2.93. The van der Waals surface area contributed by atoms with Crippen LogP contribution in [-0.4, -0.2) is 68.3 Å². The third-order valence-corrected chi connectivity index (χ3v) is 4.28. The van der Waals surface area contributed by atoms with Crippen LogP contribution in [0.2, 0.25) is 0 Å². The molecule has 0 saturated carbocycles. The van der Waals surface area contributed by atoms with Crippen LogP contribution in [0, 0.1) is 0 Å². The van der Waals surface area contributed by atoms with Gasteiger partial charge in [-0.15, -0.1) is 0 Å². The molecule has 2 aliphatic rings. The number of fused-ring (bicyclic) bond motifs is 1. The second kappa shape index (κ2) is 7.53. The topological polar surface area (TPSA) is 68.3 Å². The lowest BCUT2D eigenvalue weighted by molar-refractivity contribution is -0.132. The first-order chi connectivity index (χ1) is 11.7. The zero-order valence-electron chi connectivity index (χ0n) is 13.8. The normalized spacial score (nSPS) is 16.9. The van der Waals surface area contributed by atoms with Crippen LogP contribution >= 0.6 is 0 Å². The molecule has 2 aliphatic heterocycles. The molecule has 7 nitrogen and oxygen atoms in total. The molecule has 0 bridgehead atoms. The van der Waals surface area contributed by atoms with Crippen LogP contribution in [-0.2, 0) is 9.53 Å². The van der Waals surface area contributed by atoms with Crippen molar-refractivity contribution in [3.63, 3.8) is 0 Å². The molecule has 3 rings (SSSR count). The van der Waals surface area contributed by atoms with Crippen LogP contribution in [0.5, 0.6) is 11.5 Å². The smallest absolute Gasteiger partial charge is 0.254 e. The molecule has 1 aromatic rings. The summed E-state index contributed by atoms with van der Waals surface area (Å²) in [6.07, 6.45) is 1.15. The Morgan fingerprint density at radius 3 is 2.67 bits per heavy atom. The summed E-state index contributed by atoms with van der Waals surface area (Å²) in [6, 6.07) is 5.23. The lowest BCUT2D eigenvalue weighted by Gasteiger charge is -2.22. The van der Waals surface area contributed by atoms with Crippen LogP contribution in [0.15, 0.2) is 18.2 Å². The first kappa shape index (κ1) is 16.6. The monoisotopic (exact) mass is 334 g/mol. The van der Waals surface area contributed by atoms with Crippen molar-refractivity contribution < 1.29 is 23.8 Å². The fourth-order valence-electron chi connectivity index (χ4n) is 2.93. The van der Waals surface area contributed by atoms with Crippen molar-refractivity contribution in [2.75, 3.05) is 46.7 Å². The average molecular weight is 334 g/mol. The van der Waals surface area contributed by atoms with Crippen molar-refractivity contribution in [3.8, 4) is 11.5 Å². The van der Waals surface area contributed by atoms with E-state index in [1.54, 1.807) is 30.2 Å². The van der Waals surface area contributed by atoms with Gasteiger partial charge in [-0.1, -0.05) is 0 Å². The third kappa shape index (κ3) is 3.62. The van der Waals surface area contributed by atoms with Crippen molar-refractivity contribution in [2.45, 2.75) is 12.8 Å². The van der Waals surface area contributed by atoms with E-state index in [0.29, 0.717) is 56.3 Å². The zero-order valence-corrected chi connectivity index (χ0v) is 13.8. The molecule has 0 unspecified atom stereocenters. The van der Waals surface area contributed by atoms with Crippen LogP contribution in [0.1, 0.15) is 23.2 Å². The molecule has 2 heterocycles. The first-order valence-electron chi connectivity index (χ1n) is 8.14. The van der Waals surface area contributed by atoms with Crippen LogP contribution in [0.3, 0.4) is 0 Å². The molecule has 0 atom stereocenters. The molecule has 1 fully saturated rings. The number of amides is 2. The van der Waals surface area contributed by atoms with Gasteiger partial charge in [0.1, 0.15) is 0 Å². The Balaban J connectivity index is 1.61. The van der Waals surface area contributed by atoms with Gasteiger partial charge in [0.25, 0.3) is 5.91 Å². The SMILES string of the molecule is COCCC(=O)N1CCCN(C(=O)c2ccc3c(c2)OCO3)CC1. The molecule has 2 amide bonds. The van der Waals surface area contributed by atoms with Crippen molar-refractivity contribution >= 4 is 11.8 Å². The molecule has 0 aliphatic carbocycles. The number of hydrogen-bond acceptors (Lipinski definition) is 5. The highest BCUT2D eigenvalue weighted by Gasteiger charge is 2.24. The summed E-state index contributed by atoms with van der Waals surface area (Å²) in [6.45, 7) is 3.02. The summed E-state index contributed by atoms with van der Waals surface area (Å²) in [5.74, 6) is 1.30. The van der Waals surface area contributed by atoms with E-state index in [-0.39, 0.29) is 18.6 Å². The average Bonchev–Trinajstić information content (AvgIpc) is 2.93. The highest BCUT2D eigenvalue weighted by atomic mass is 16.7. The fraction of sp³-hybridized carbons (Fsp3) is 0.529. The maximum atomic E-state index is 12.7. The predicted molar refractivity (Wildman–Crippen MR) is 86.2 cm³/mol. The number of methoxy groups -OCH3 is 1. The Hall–Kier alpha value is -2.28. The van der Waals surface area contributed by atoms with Gasteiger partial charge in [-0.2, -0.15) is 0 Å². The molecule has 130 valence electrons. The Labute approximate surface area is 141 Å². The molecule has 7 heteroatoms. The first-order valence-corrected chi connectivity index (χ1v) is 8.14. The van der Waals surface area contributed by atoms with Crippen molar-refractivity contribution in [1.82, 2.24) is 9.80 Å². The van der Waals surface area contributed by atoms with Gasteiger partial charge in [0, 0.05) is 38.9 Å². The molecular weight excluding hydrogens is 312 g/mol. The molecule has 0 N–H and O–H groups in total. The van der Waals surface area contributed by atoms with E-state index in [4.69, 9.17) is 14.2 Å². The van der Waals surface area contributed by atoms with E-state index in [1.165, 1.54) is 0 Å². The molecule has 24 heavy (non-hydrogen) atoms. The minimum Gasteiger partial charge on any atom is -0.454 e. The number of ether oxygens (including phenoxy) is 3.